The average molecular weight is 300 g/mol. The van der Waals surface area contributed by atoms with Crippen LogP contribution in [0.5, 0.6) is 0 Å². The highest BCUT2D eigenvalue weighted by Gasteiger charge is 2.30. The maximum absolute atomic E-state index is 12.8. The number of nitrogens with one attached hydrogen (secondary N) is 1. The number of sulfonamides is 1. The molecular formula is C16H16N2O2S. The van der Waals surface area contributed by atoms with Crippen molar-refractivity contribution in [3.05, 3.63) is 64.7 Å². The molecule has 0 aliphatic carbocycles. The number of hydrogen-bond donors (Lipinski definition) is 1. The van der Waals surface area contributed by atoms with Crippen LogP contribution in [0.3, 0.4) is 0 Å². The van der Waals surface area contributed by atoms with Crippen LogP contribution in [0.25, 0.3) is 0 Å². The molecule has 0 spiro atoms. The predicted molar refractivity (Wildman–Crippen MR) is 79.9 cm³/mol. The van der Waals surface area contributed by atoms with Crippen LogP contribution in [-0.4, -0.2) is 12.7 Å². The Bertz CT molecular complexity index is 790. The Balaban J connectivity index is 1.69. The molecule has 108 valence electrons. The molecule has 4 nitrogen and oxygen atoms in total. The van der Waals surface area contributed by atoms with Crippen LogP contribution in [0, 0.1) is 0 Å². The van der Waals surface area contributed by atoms with Crippen LogP contribution in [-0.2, 0) is 36.2 Å². The topological polar surface area (TPSA) is 49.4 Å². The molecule has 2 aliphatic heterocycles. The zero-order valence-electron chi connectivity index (χ0n) is 11.5. The van der Waals surface area contributed by atoms with E-state index in [1.807, 2.05) is 36.4 Å². The van der Waals surface area contributed by atoms with Gasteiger partial charge in [-0.3, -0.25) is 0 Å². The monoisotopic (exact) mass is 300 g/mol. The first-order valence-electron chi connectivity index (χ1n) is 7.04. The molecule has 0 radical (unpaired) electrons. The van der Waals surface area contributed by atoms with Gasteiger partial charge in [0.2, 0.25) is 10.0 Å². The third kappa shape index (κ3) is 2.09. The lowest BCUT2D eigenvalue weighted by molar-refractivity contribution is 0.431. The Morgan fingerprint density at radius 2 is 1.52 bits per heavy atom. The summed E-state index contributed by atoms with van der Waals surface area (Å²) < 4.78 is 27.2. The van der Waals surface area contributed by atoms with Gasteiger partial charge in [0.25, 0.3) is 0 Å². The van der Waals surface area contributed by atoms with E-state index in [4.69, 9.17) is 0 Å². The zero-order chi connectivity index (χ0) is 14.4. The highest BCUT2D eigenvalue weighted by Crippen LogP contribution is 2.29. The molecule has 2 heterocycles. The minimum atomic E-state index is -3.42. The third-order valence-electron chi connectivity index (χ3n) is 4.26. The molecule has 5 heteroatoms. The Hall–Kier alpha value is -1.69. The molecule has 21 heavy (non-hydrogen) atoms. The summed E-state index contributed by atoms with van der Waals surface area (Å²) in [4.78, 5) is 0.401. The van der Waals surface area contributed by atoms with Gasteiger partial charge in [-0.2, -0.15) is 4.31 Å². The summed E-state index contributed by atoms with van der Waals surface area (Å²) in [6, 6.07) is 13.4. The molecule has 2 aromatic rings. The molecule has 0 fully saturated rings. The summed E-state index contributed by atoms with van der Waals surface area (Å²) in [6.45, 7) is 2.51. The lowest BCUT2D eigenvalue weighted by Crippen LogP contribution is -2.25. The van der Waals surface area contributed by atoms with Crippen LogP contribution >= 0.6 is 0 Å². The predicted octanol–water partition coefficient (Wildman–Crippen LogP) is 1.99. The largest absolute Gasteiger partial charge is 0.309 e. The second-order valence-corrected chi connectivity index (χ2v) is 7.51. The van der Waals surface area contributed by atoms with E-state index in [1.54, 1.807) is 10.4 Å². The molecule has 0 amide bonds. The van der Waals surface area contributed by atoms with Crippen molar-refractivity contribution < 1.29 is 8.42 Å². The van der Waals surface area contributed by atoms with E-state index in [9.17, 15) is 8.42 Å². The number of benzene rings is 2. The fourth-order valence-corrected chi connectivity index (χ4v) is 4.50. The first kappa shape index (κ1) is 13.0. The Kier molecular flexibility index (Phi) is 2.89. The first-order chi connectivity index (χ1) is 10.1. The van der Waals surface area contributed by atoms with Crippen molar-refractivity contribution in [2.45, 2.75) is 31.1 Å². The molecule has 4 rings (SSSR count). The maximum Gasteiger partial charge on any atom is 0.243 e. The number of rotatable bonds is 2. The third-order valence-corrected chi connectivity index (χ3v) is 6.05. The SMILES string of the molecule is O=S(=O)(c1ccc2c(c1)CNC2)N1Cc2ccccc2C1. The second-order valence-electron chi connectivity index (χ2n) is 5.58. The smallest absolute Gasteiger partial charge is 0.243 e. The molecule has 0 atom stereocenters. The molecule has 2 aliphatic rings. The fourth-order valence-electron chi connectivity index (χ4n) is 3.05. The molecule has 0 saturated heterocycles. The standard InChI is InChI=1S/C16H16N2O2S/c19-21(20,16-6-5-12-8-17-9-15(12)7-16)18-10-13-3-1-2-4-14(13)11-18/h1-7,17H,8-11H2. The average Bonchev–Trinajstić information content (AvgIpc) is 3.13. The summed E-state index contributed by atoms with van der Waals surface area (Å²) in [7, 11) is -3.42. The van der Waals surface area contributed by atoms with E-state index in [0.717, 1.165) is 29.8 Å². The summed E-state index contributed by atoms with van der Waals surface area (Å²) >= 11 is 0. The molecule has 0 bridgehead atoms. The van der Waals surface area contributed by atoms with Gasteiger partial charge in [0.1, 0.15) is 0 Å². The van der Waals surface area contributed by atoms with Gasteiger partial charge in [-0.05, 0) is 34.4 Å². The van der Waals surface area contributed by atoms with E-state index in [1.165, 1.54) is 5.56 Å². The van der Waals surface area contributed by atoms with Crippen LogP contribution in [0.2, 0.25) is 0 Å². The molecule has 1 N–H and O–H groups in total. The highest BCUT2D eigenvalue weighted by molar-refractivity contribution is 7.89. The Morgan fingerprint density at radius 1 is 0.857 bits per heavy atom. The van der Waals surface area contributed by atoms with Gasteiger partial charge in [-0.25, -0.2) is 8.42 Å². The van der Waals surface area contributed by atoms with Crippen molar-refractivity contribution in [2.75, 3.05) is 0 Å². The van der Waals surface area contributed by atoms with Crippen LogP contribution < -0.4 is 5.32 Å². The lowest BCUT2D eigenvalue weighted by Gasteiger charge is -2.16. The summed E-state index contributed by atoms with van der Waals surface area (Å²) in [5.41, 5.74) is 4.49. The van der Waals surface area contributed by atoms with Crippen LogP contribution in [0.1, 0.15) is 22.3 Å². The quantitative estimate of drug-likeness (QED) is 0.923. The normalized spacial score (nSPS) is 17.7. The fraction of sp³-hybridized carbons (Fsp3) is 0.250. The summed E-state index contributed by atoms with van der Waals surface area (Å²) in [5, 5.41) is 3.24. The molecule has 0 aromatic heterocycles. The van der Waals surface area contributed by atoms with Gasteiger partial charge < -0.3 is 5.32 Å². The molecule has 0 saturated carbocycles. The first-order valence-corrected chi connectivity index (χ1v) is 8.48. The number of nitrogens with zero attached hydrogens (tertiary/aromatic N) is 1. The number of hydrogen-bond acceptors (Lipinski definition) is 3. The minimum Gasteiger partial charge on any atom is -0.309 e. The van der Waals surface area contributed by atoms with Crippen LogP contribution in [0.15, 0.2) is 47.4 Å². The van der Waals surface area contributed by atoms with Crippen molar-refractivity contribution in [1.29, 1.82) is 0 Å². The van der Waals surface area contributed by atoms with E-state index in [2.05, 4.69) is 5.32 Å². The molecule has 2 aromatic carbocycles. The van der Waals surface area contributed by atoms with Gasteiger partial charge in [0, 0.05) is 26.2 Å². The number of fused-ring (bicyclic) bond motifs is 2. The van der Waals surface area contributed by atoms with Gasteiger partial charge in [-0.15, -0.1) is 0 Å². The van der Waals surface area contributed by atoms with E-state index in [0.29, 0.717) is 18.0 Å². The highest BCUT2D eigenvalue weighted by atomic mass is 32.2. The van der Waals surface area contributed by atoms with Crippen molar-refractivity contribution in [1.82, 2.24) is 9.62 Å². The Labute approximate surface area is 124 Å². The maximum atomic E-state index is 12.8. The molecular weight excluding hydrogens is 284 g/mol. The lowest BCUT2D eigenvalue weighted by atomic mass is 10.1. The Morgan fingerprint density at radius 3 is 2.24 bits per heavy atom. The van der Waals surface area contributed by atoms with Gasteiger partial charge in [0.05, 0.1) is 4.90 Å². The van der Waals surface area contributed by atoms with Gasteiger partial charge >= 0.3 is 0 Å². The summed E-state index contributed by atoms with van der Waals surface area (Å²) in [6.07, 6.45) is 0. The van der Waals surface area contributed by atoms with Gasteiger partial charge in [-0.1, -0.05) is 30.3 Å². The van der Waals surface area contributed by atoms with Gasteiger partial charge in [0.15, 0.2) is 0 Å². The van der Waals surface area contributed by atoms with Crippen molar-refractivity contribution in [2.24, 2.45) is 0 Å². The minimum absolute atomic E-state index is 0.401. The van der Waals surface area contributed by atoms with Crippen molar-refractivity contribution >= 4 is 10.0 Å². The van der Waals surface area contributed by atoms with E-state index >= 15 is 0 Å². The molecule has 0 unspecified atom stereocenters. The van der Waals surface area contributed by atoms with E-state index < -0.39 is 10.0 Å². The van der Waals surface area contributed by atoms with E-state index in [-0.39, 0.29) is 0 Å². The zero-order valence-corrected chi connectivity index (χ0v) is 12.4. The van der Waals surface area contributed by atoms with Crippen LogP contribution in [0.4, 0.5) is 0 Å². The second kappa shape index (κ2) is 4.66. The van der Waals surface area contributed by atoms with Crippen molar-refractivity contribution in [3.8, 4) is 0 Å². The van der Waals surface area contributed by atoms with Crippen molar-refractivity contribution in [3.63, 3.8) is 0 Å². The summed E-state index contributed by atoms with van der Waals surface area (Å²) in [5.74, 6) is 0.